The molecule has 0 aromatic rings. The van der Waals surface area contributed by atoms with Crippen LogP contribution in [0.4, 0.5) is 0 Å². The number of hydrogen-bond acceptors (Lipinski definition) is 5. The van der Waals surface area contributed by atoms with E-state index in [0.717, 1.165) is 37.4 Å². The summed E-state index contributed by atoms with van der Waals surface area (Å²) >= 11 is 1.76. The first-order chi connectivity index (χ1) is 8.56. The molecule has 1 saturated heterocycles. The molecule has 0 aromatic heterocycles. The molecule has 0 radical (unpaired) electrons. The standard InChI is InChI=1S/C12H26N2O2S2/c1-4-6-11(9-13-3)14-7-8-17-10-12(14)18(15,16)5-2/h11-13H,4-10H2,1-3H3. The van der Waals surface area contributed by atoms with Crippen LogP contribution in [0.1, 0.15) is 26.7 Å². The van der Waals surface area contributed by atoms with E-state index in [1.54, 1.807) is 18.7 Å². The molecule has 2 atom stereocenters. The minimum absolute atomic E-state index is 0.243. The lowest BCUT2D eigenvalue weighted by molar-refractivity contribution is 0.179. The predicted octanol–water partition coefficient (Wildman–Crippen LogP) is 1.18. The van der Waals surface area contributed by atoms with Gasteiger partial charge >= 0.3 is 0 Å². The summed E-state index contributed by atoms with van der Waals surface area (Å²) in [4.78, 5) is 2.22. The van der Waals surface area contributed by atoms with Crippen LogP contribution in [-0.4, -0.2) is 62.1 Å². The van der Waals surface area contributed by atoms with Crippen molar-refractivity contribution in [2.45, 2.75) is 38.1 Å². The van der Waals surface area contributed by atoms with Crippen LogP contribution in [0.5, 0.6) is 0 Å². The maximum absolute atomic E-state index is 12.2. The molecule has 0 aliphatic carbocycles. The maximum atomic E-state index is 12.2. The average molecular weight is 294 g/mol. The Morgan fingerprint density at radius 1 is 1.44 bits per heavy atom. The van der Waals surface area contributed by atoms with E-state index in [9.17, 15) is 8.42 Å². The largest absolute Gasteiger partial charge is 0.318 e. The van der Waals surface area contributed by atoms with E-state index in [2.05, 4.69) is 17.1 Å². The van der Waals surface area contributed by atoms with Crippen molar-refractivity contribution in [1.82, 2.24) is 10.2 Å². The molecule has 1 aliphatic heterocycles. The lowest BCUT2D eigenvalue weighted by atomic mass is 10.1. The quantitative estimate of drug-likeness (QED) is 0.764. The van der Waals surface area contributed by atoms with Crippen LogP contribution < -0.4 is 5.32 Å². The van der Waals surface area contributed by atoms with Crippen molar-refractivity contribution in [2.24, 2.45) is 0 Å². The van der Waals surface area contributed by atoms with Crippen LogP contribution in [-0.2, 0) is 9.84 Å². The first-order valence-corrected chi connectivity index (χ1v) is 9.63. The smallest absolute Gasteiger partial charge is 0.166 e. The average Bonchev–Trinajstić information content (AvgIpc) is 2.38. The molecule has 18 heavy (non-hydrogen) atoms. The Labute approximate surface area is 116 Å². The summed E-state index contributed by atoms with van der Waals surface area (Å²) in [5.41, 5.74) is 0. The van der Waals surface area contributed by atoms with E-state index in [1.807, 2.05) is 7.05 Å². The van der Waals surface area contributed by atoms with Crippen molar-refractivity contribution in [1.29, 1.82) is 0 Å². The van der Waals surface area contributed by atoms with Gasteiger partial charge in [-0.1, -0.05) is 20.3 Å². The predicted molar refractivity (Wildman–Crippen MR) is 79.9 cm³/mol. The highest BCUT2D eigenvalue weighted by atomic mass is 32.2. The Balaban J connectivity index is 2.85. The zero-order chi connectivity index (χ0) is 13.6. The Bertz CT molecular complexity index is 327. The summed E-state index contributed by atoms with van der Waals surface area (Å²) in [7, 11) is -1.04. The van der Waals surface area contributed by atoms with E-state index in [-0.39, 0.29) is 11.1 Å². The summed E-state index contributed by atoms with van der Waals surface area (Å²) < 4.78 is 24.4. The van der Waals surface area contributed by atoms with Crippen molar-refractivity contribution in [3.05, 3.63) is 0 Å². The number of hydrogen-bond donors (Lipinski definition) is 1. The van der Waals surface area contributed by atoms with Gasteiger partial charge in [0.2, 0.25) is 0 Å². The number of thioether (sulfide) groups is 1. The van der Waals surface area contributed by atoms with Crippen LogP contribution in [0.25, 0.3) is 0 Å². The summed E-state index contributed by atoms with van der Waals surface area (Å²) in [6.45, 7) is 5.67. The van der Waals surface area contributed by atoms with Crippen molar-refractivity contribution >= 4 is 21.6 Å². The minimum atomic E-state index is -2.97. The molecule has 4 nitrogen and oxygen atoms in total. The van der Waals surface area contributed by atoms with Gasteiger partial charge in [-0.15, -0.1) is 0 Å². The van der Waals surface area contributed by atoms with E-state index < -0.39 is 9.84 Å². The van der Waals surface area contributed by atoms with E-state index in [0.29, 0.717) is 6.04 Å². The maximum Gasteiger partial charge on any atom is 0.166 e. The van der Waals surface area contributed by atoms with Gasteiger partial charge in [-0.25, -0.2) is 8.42 Å². The summed E-state index contributed by atoms with van der Waals surface area (Å²) in [6.07, 6.45) is 2.15. The molecule has 1 N–H and O–H groups in total. The number of nitrogens with one attached hydrogen (secondary N) is 1. The van der Waals surface area contributed by atoms with Crippen molar-refractivity contribution in [2.75, 3.05) is 37.4 Å². The van der Waals surface area contributed by atoms with Gasteiger partial charge in [0.05, 0.1) is 0 Å². The Hall–Kier alpha value is 0.220. The summed E-state index contributed by atoms with van der Waals surface area (Å²) in [5, 5.41) is 2.91. The second kappa shape index (κ2) is 7.72. The number of rotatable bonds is 7. The molecule has 0 spiro atoms. The normalized spacial score (nSPS) is 24.1. The lowest BCUT2D eigenvalue weighted by Crippen LogP contribution is -2.54. The third-order valence-electron chi connectivity index (χ3n) is 3.47. The SMILES string of the molecule is CCCC(CNC)N1CCSCC1S(=O)(=O)CC. The van der Waals surface area contributed by atoms with Crippen LogP contribution in [0, 0.1) is 0 Å². The van der Waals surface area contributed by atoms with Gasteiger partial charge in [0.25, 0.3) is 0 Å². The molecular weight excluding hydrogens is 268 g/mol. The number of likely N-dealkylation sites (N-methyl/N-ethyl adjacent to an activating group) is 1. The Morgan fingerprint density at radius 3 is 2.72 bits per heavy atom. The zero-order valence-electron chi connectivity index (χ0n) is 11.7. The second-order valence-electron chi connectivity index (χ2n) is 4.72. The molecule has 2 unspecified atom stereocenters. The Kier molecular flexibility index (Phi) is 6.98. The van der Waals surface area contributed by atoms with E-state index in [1.165, 1.54) is 0 Å². The minimum Gasteiger partial charge on any atom is -0.318 e. The molecule has 0 bridgehead atoms. The fourth-order valence-corrected chi connectivity index (χ4v) is 5.56. The number of sulfone groups is 1. The molecule has 1 rings (SSSR count). The third kappa shape index (κ3) is 4.11. The molecule has 1 aliphatic rings. The third-order valence-corrected chi connectivity index (χ3v) is 6.78. The highest BCUT2D eigenvalue weighted by Gasteiger charge is 2.36. The van der Waals surface area contributed by atoms with Crippen LogP contribution in [0.3, 0.4) is 0 Å². The van der Waals surface area contributed by atoms with Gasteiger partial charge in [0, 0.05) is 36.4 Å². The molecule has 0 saturated carbocycles. The van der Waals surface area contributed by atoms with Crippen LogP contribution in [0.2, 0.25) is 0 Å². The molecular formula is C12H26N2O2S2. The molecule has 0 amide bonds. The summed E-state index contributed by atoms with van der Waals surface area (Å²) in [6, 6.07) is 0.340. The first kappa shape index (κ1) is 16.3. The zero-order valence-corrected chi connectivity index (χ0v) is 13.3. The van der Waals surface area contributed by atoms with Gasteiger partial charge < -0.3 is 5.32 Å². The second-order valence-corrected chi connectivity index (χ2v) is 8.32. The van der Waals surface area contributed by atoms with Gasteiger partial charge in [-0.2, -0.15) is 11.8 Å². The highest BCUT2D eigenvalue weighted by Crippen LogP contribution is 2.24. The van der Waals surface area contributed by atoms with Crippen molar-refractivity contribution < 1.29 is 8.42 Å². The first-order valence-electron chi connectivity index (χ1n) is 6.76. The number of nitrogens with zero attached hydrogens (tertiary/aromatic N) is 1. The van der Waals surface area contributed by atoms with Crippen molar-refractivity contribution in [3.63, 3.8) is 0 Å². The molecule has 6 heteroatoms. The lowest BCUT2D eigenvalue weighted by Gasteiger charge is -2.40. The Morgan fingerprint density at radius 2 is 2.17 bits per heavy atom. The van der Waals surface area contributed by atoms with E-state index in [4.69, 9.17) is 0 Å². The van der Waals surface area contributed by atoms with Gasteiger partial charge in [0.15, 0.2) is 9.84 Å². The molecule has 108 valence electrons. The van der Waals surface area contributed by atoms with Gasteiger partial charge in [-0.3, -0.25) is 4.90 Å². The molecule has 1 heterocycles. The molecule has 0 aromatic carbocycles. The fraction of sp³-hybridized carbons (Fsp3) is 1.00. The van der Waals surface area contributed by atoms with Crippen LogP contribution >= 0.6 is 11.8 Å². The monoisotopic (exact) mass is 294 g/mol. The van der Waals surface area contributed by atoms with E-state index >= 15 is 0 Å². The highest BCUT2D eigenvalue weighted by molar-refractivity contribution is 8.01. The van der Waals surface area contributed by atoms with Gasteiger partial charge in [0.1, 0.15) is 5.37 Å². The van der Waals surface area contributed by atoms with Gasteiger partial charge in [-0.05, 0) is 13.5 Å². The topological polar surface area (TPSA) is 49.4 Å². The van der Waals surface area contributed by atoms with Crippen LogP contribution in [0.15, 0.2) is 0 Å². The fourth-order valence-electron chi connectivity index (χ4n) is 2.47. The summed E-state index contributed by atoms with van der Waals surface area (Å²) in [5.74, 6) is 2.01. The van der Waals surface area contributed by atoms with Crippen molar-refractivity contribution in [3.8, 4) is 0 Å². The molecule has 1 fully saturated rings.